The van der Waals surface area contributed by atoms with Crippen LogP contribution < -0.4 is 0 Å². The Morgan fingerprint density at radius 3 is 1.82 bits per heavy atom. The summed E-state index contributed by atoms with van der Waals surface area (Å²) in [4.78, 5) is 12.6. The molecule has 22 heavy (non-hydrogen) atoms. The van der Waals surface area contributed by atoms with E-state index < -0.39 is 5.60 Å². The predicted molar refractivity (Wildman–Crippen MR) is 87.6 cm³/mol. The first-order chi connectivity index (χ1) is 10.4. The lowest BCUT2D eigenvalue weighted by atomic mass is 9.86. The topological polar surface area (TPSA) is 26.3 Å². The van der Waals surface area contributed by atoms with Crippen molar-refractivity contribution >= 4 is 5.97 Å². The van der Waals surface area contributed by atoms with Gasteiger partial charge in [-0.25, -0.2) is 0 Å². The Morgan fingerprint density at radius 2 is 1.41 bits per heavy atom. The Kier molecular flexibility index (Phi) is 3.56. The SMILES string of the molecule is CC(C)(C)OC(=O)C1CC1(c1ccccc1)c1ccccc1. The summed E-state index contributed by atoms with van der Waals surface area (Å²) in [5.41, 5.74) is 1.71. The molecule has 0 spiro atoms. The van der Waals surface area contributed by atoms with Crippen LogP contribution in [0.25, 0.3) is 0 Å². The van der Waals surface area contributed by atoms with Crippen LogP contribution in [0.5, 0.6) is 0 Å². The van der Waals surface area contributed by atoms with Gasteiger partial charge in [-0.3, -0.25) is 4.79 Å². The van der Waals surface area contributed by atoms with Gasteiger partial charge >= 0.3 is 5.97 Å². The number of benzene rings is 2. The second-order valence-electron chi connectivity index (χ2n) is 6.99. The van der Waals surface area contributed by atoms with Gasteiger partial charge in [0.15, 0.2) is 0 Å². The molecule has 1 saturated carbocycles. The van der Waals surface area contributed by atoms with Crippen molar-refractivity contribution in [1.29, 1.82) is 0 Å². The molecule has 0 heterocycles. The van der Waals surface area contributed by atoms with E-state index in [0.717, 1.165) is 6.42 Å². The van der Waals surface area contributed by atoms with Crippen molar-refractivity contribution in [2.45, 2.75) is 38.2 Å². The van der Waals surface area contributed by atoms with Crippen LogP contribution in [0.1, 0.15) is 38.3 Å². The Bertz CT molecular complexity index is 614. The number of hydrogen-bond donors (Lipinski definition) is 0. The van der Waals surface area contributed by atoms with Crippen LogP contribution in [0, 0.1) is 5.92 Å². The molecule has 114 valence electrons. The van der Waals surface area contributed by atoms with Crippen molar-refractivity contribution in [3.63, 3.8) is 0 Å². The summed E-state index contributed by atoms with van der Waals surface area (Å²) >= 11 is 0. The molecule has 0 amide bonds. The second kappa shape index (κ2) is 5.28. The summed E-state index contributed by atoms with van der Waals surface area (Å²) < 4.78 is 5.62. The first kappa shape index (κ1) is 14.8. The van der Waals surface area contributed by atoms with Gasteiger partial charge in [-0.2, -0.15) is 0 Å². The molecule has 2 aromatic carbocycles. The lowest BCUT2D eigenvalue weighted by Gasteiger charge is -2.22. The lowest BCUT2D eigenvalue weighted by Crippen LogP contribution is -2.27. The number of rotatable bonds is 3. The Balaban J connectivity index is 1.97. The van der Waals surface area contributed by atoms with Crippen LogP contribution in [0.2, 0.25) is 0 Å². The van der Waals surface area contributed by atoms with Crippen molar-refractivity contribution in [3.05, 3.63) is 71.8 Å². The molecule has 2 aromatic rings. The van der Waals surface area contributed by atoms with Crippen LogP contribution in [0.3, 0.4) is 0 Å². The largest absolute Gasteiger partial charge is 0.460 e. The third-order valence-electron chi connectivity index (χ3n) is 4.23. The molecule has 3 rings (SSSR count). The molecule has 1 unspecified atom stereocenters. The molecule has 0 aliphatic heterocycles. The molecule has 0 bridgehead atoms. The molecule has 2 heteroatoms. The molecule has 2 nitrogen and oxygen atoms in total. The van der Waals surface area contributed by atoms with Crippen LogP contribution in [0.15, 0.2) is 60.7 Å². The smallest absolute Gasteiger partial charge is 0.310 e. The van der Waals surface area contributed by atoms with E-state index in [0.29, 0.717) is 0 Å². The average molecular weight is 294 g/mol. The molecule has 0 saturated heterocycles. The first-order valence-electron chi connectivity index (χ1n) is 7.77. The highest BCUT2D eigenvalue weighted by molar-refractivity contribution is 5.81. The standard InChI is InChI=1S/C20H22O2/c1-19(2,3)22-18(21)17-14-20(17,15-10-6-4-7-11-15)16-12-8-5-9-13-16/h4-13,17H,14H2,1-3H3. The fraction of sp³-hybridized carbons (Fsp3) is 0.350. The number of carbonyl (C=O) groups excluding carboxylic acids is 1. The van der Waals surface area contributed by atoms with Gasteiger partial charge in [-0.15, -0.1) is 0 Å². The van der Waals surface area contributed by atoms with E-state index in [1.54, 1.807) is 0 Å². The Morgan fingerprint density at radius 1 is 0.955 bits per heavy atom. The highest BCUT2D eigenvalue weighted by Crippen LogP contribution is 2.59. The third kappa shape index (κ3) is 2.66. The van der Waals surface area contributed by atoms with Gasteiger partial charge in [-0.1, -0.05) is 60.7 Å². The van der Waals surface area contributed by atoms with Crippen LogP contribution in [-0.4, -0.2) is 11.6 Å². The van der Waals surface area contributed by atoms with Gasteiger partial charge in [0.1, 0.15) is 5.60 Å². The summed E-state index contributed by atoms with van der Waals surface area (Å²) in [6.45, 7) is 5.75. The average Bonchev–Trinajstić information content (AvgIpc) is 3.24. The van der Waals surface area contributed by atoms with Crippen molar-refractivity contribution in [2.75, 3.05) is 0 Å². The molecule has 0 aromatic heterocycles. The minimum atomic E-state index is -0.446. The maximum atomic E-state index is 12.6. The van der Waals surface area contributed by atoms with Crippen LogP contribution >= 0.6 is 0 Å². The van der Waals surface area contributed by atoms with E-state index in [4.69, 9.17) is 4.74 Å². The highest BCUT2D eigenvalue weighted by atomic mass is 16.6. The minimum absolute atomic E-state index is 0.0970. The van der Waals surface area contributed by atoms with Gasteiger partial charge in [0.2, 0.25) is 0 Å². The molecular formula is C20H22O2. The zero-order valence-corrected chi connectivity index (χ0v) is 13.4. The maximum Gasteiger partial charge on any atom is 0.310 e. The van der Waals surface area contributed by atoms with Gasteiger partial charge in [-0.05, 0) is 38.3 Å². The molecule has 1 aliphatic carbocycles. The second-order valence-corrected chi connectivity index (χ2v) is 6.99. The summed E-state index contributed by atoms with van der Waals surface area (Å²) in [6.07, 6.45) is 0.815. The van der Waals surface area contributed by atoms with E-state index >= 15 is 0 Å². The number of ether oxygens (including phenoxy) is 1. The Labute approximate surface area is 132 Å². The molecule has 0 radical (unpaired) electrons. The summed E-state index contributed by atoms with van der Waals surface area (Å²) in [5.74, 6) is -0.197. The van der Waals surface area contributed by atoms with Crippen molar-refractivity contribution in [3.8, 4) is 0 Å². The normalized spacial score (nSPS) is 19.5. The van der Waals surface area contributed by atoms with E-state index in [1.165, 1.54) is 11.1 Å². The number of hydrogen-bond acceptors (Lipinski definition) is 2. The van der Waals surface area contributed by atoms with E-state index in [2.05, 4.69) is 24.3 Å². The summed E-state index contributed by atoms with van der Waals surface area (Å²) in [6, 6.07) is 20.6. The molecule has 1 aliphatic rings. The van der Waals surface area contributed by atoms with Crippen LogP contribution in [-0.2, 0) is 14.9 Å². The van der Waals surface area contributed by atoms with Crippen molar-refractivity contribution in [2.24, 2.45) is 5.92 Å². The zero-order chi connectivity index (χ0) is 15.8. The third-order valence-corrected chi connectivity index (χ3v) is 4.23. The molecular weight excluding hydrogens is 272 g/mol. The molecule has 0 N–H and O–H groups in total. The number of esters is 1. The first-order valence-corrected chi connectivity index (χ1v) is 7.77. The predicted octanol–water partition coefficient (Wildman–Crippen LogP) is 4.33. The quantitative estimate of drug-likeness (QED) is 0.787. The fourth-order valence-electron chi connectivity index (χ4n) is 3.20. The Hall–Kier alpha value is -2.09. The minimum Gasteiger partial charge on any atom is -0.460 e. The number of carbonyl (C=O) groups is 1. The van der Waals surface area contributed by atoms with Crippen molar-refractivity contribution < 1.29 is 9.53 Å². The van der Waals surface area contributed by atoms with E-state index in [-0.39, 0.29) is 17.3 Å². The monoisotopic (exact) mass is 294 g/mol. The van der Waals surface area contributed by atoms with E-state index in [9.17, 15) is 4.79 Å². The molecule has 1 atom stereocenters. The maximum absolute atomic E-state index is 12.6. The van der Waals surface area contributed by atoms with E-state index in [1.807, 2.05) is 57.2 Å². The van der Waals surface area contributed by atoms with Gasteiger partial charge in [0.05, 0.1) is 5.92 Å². The fourth-order valence-corrected chi connectivity index (χ4v) is 3.20. The summed E-state index contributed by atoms with van der Waals surface area (Å²) in [7, 11) is 0. The zero-order valence-electron chi connectivity index (χ0n) is 13.4. The lowest BCUT2D eigenvalue weighted by molar-refractivity contribution is -0.156. The molecule has 1 fully saturated rings. The van der Waals surface area contributed by atoms with Crippen LogP contribution in [0.4, 0.5) is 0 Å². The van der Waals surface area contributed by atoms with Gasteiger partial charge < -0.3 is 4.74 Å². The highest BCUT2D eigenvalue weighted by Gasteiger charge is 2.61. The van der Waals surface area contributed by atoms with Gasteiger partial charge in [0, 0.05) is 5.41 Å². The van der Waals surface area contributed by atoms with Crippen molar-refractivity contribution in [1.82, 2.24) is 0 Å². The summed E-state index contributed by atoms with van der Waals surface area (Å²) in [5, 5.41) is 0. The van der Waals surface area contributed by atoms with Gasteiger partial charge in [0.25, 0.3) is 0 Å².